The van der Waals surface area contributed by atoms with Crippen molar-refractivity contribution in [1.82, 2.24) is 20.1 Å². The SMILES string of the molecule is CC[C@H]1OC(=O)[C@H](C)C(=O)[C@H](C)[C@@H](O[C@@H]2O[C@H](C)C[C@H](N(C)C)[C@H]2O)[C@](C)(OC[C@@H](O)CN2CCN(c3cnc4ccccc4c3)CC2)C[C@@H](C)NC(=O)[C@H](C)[C@@H](O)[C@]1(C)O. The summed E-state index contributed by atoms with van der Waals surface area (Å²) in [7, 11) is 3.70. The summed E-state index contributed by atoms with van der Waals surface area (Å²) in [4.78, 5) is 52.8. The van der Waals surface area contributed by atoms with Gasteiger partial charge in [0.15, 0.2) is 12.1 Å². The maximum Gasteiger partial charge on any atom is 0.316 e. The number of para-hydroxylation sites is 1. The van der Waals surface area contributed by atoms with Gasteiger partial charge < -0.3 is 54.5 Å². The predicted molar refractivity (Wildman–Crippen MR) is 230 cm³/mol. The maximum atomic E-state index is 14.5. The zero-order valence-corrected chi connectivity index (χ0v) is 37.7. The molecule has 1 amide bonds. The smallest absolute Gasteiger partial charge is 0.316 e. The Kier molecular flexibility index (Phi) is 16.3. The van der Waals surface area contributed by atoms with Gasteiger partial charge >= 0.3 is 5.97 Å². The highest BCUT2D eigenvalue weighted by atomic mass is 16.7. The minimum atomic E-state index is -2.03. The third-order valence-electron chi connectivity index (χ3n) is 13.1. The van der Waals surface area contributed by atoms with E-state index in [4.69, 9.17) is 18.9 Å². The molecule has 5 N–H and O–H groups in total. The van der Waals surface area contributed by atoms with Gasteiger partial charge in [-0.3, -0.25) is 24.3 Å². The minimum Gasteiger partial charge on any atom is -0.459 e. The van der Waals surface area contributed by atoms with Gasteiger partial charge in [-0.25, -0.2) is 0 Å². The molecule has 61 heavy (non-hydrogen) atoms. The summed E-state index contributed by atoms with van der Waals surface area (Å²) < 4.78 is 25.3. The zero-order chi connectivity index (χ0) is 45.0. The molecule has 1 aromatic heterocycles. The van der Waals surface area contributed by atoms with Crippen LogP contribution in [-0.2, 0) is 33.3 Å². The van der Waals surface area contributed by atoms with Crippen LogP contribution in [-0.4, -0.2) is 172 Å². The second-order valence-electron chi connectivity index (χ2n) is 18.4. The fourth-order valence-corrected chi connectivity index (χ4v) is 9.30. The number of β-amino-alcohol motifs (C(OH)–C–C–N with tert-alkyl or cyclic N) is 1. The van der Waals surface area contributed by atoms with E-state index >= 15 is 0 Å². The minimum absolute atomic E-state index is 0.0390. The van der Waals surface area contributed by atoms with Crippen LogP contribution >= 0.6 is 0 Å². The number of aliphatic hydroxyl groups excluding tert-OH is 3. The van der Waals surface area contributed by atoms with Crippen LogP contribution in [0.4, 0.5) is 5.69 Å². The number of anilines is 1. The summed E-state index contributed by atoms with van der Waals surface area (Å²) in [6.07, 6.45) is -5.14. The molecule has 0 bridgehead atoms. The number of pyridine rings is 1. The van der Waals surface area contributed by atoms with Crippen LogP contribution in [0.1, 0.15) is 74.7 Å². The van der Waals surface area contributed by atoms with Gasteiger partial charge in [-0.2, -0.15) is 0 Å². The molecule has 3 saturated heterocycles. The molecule has 5 rings (SSSR count). The van der Waals surface area contributed by atoms with Crippen molar-refractivity contribution in [2.45, 2.75) is 141 Å². The predicted octanol–water partition coefficient (Wildman–Crippen LogP) is 2.12. The number of aliphatic hydroxyl groups is 4. The number of carbonyl (C=O) groups excluding carboxylic acids is 3. The Bertz CT molecular complexity index is 1790. The van der Waals surface area contributed by atoms with Crippen LogP contribution in [0.15, 0.2) is 36.5 Å². The van der Waals surface area contributed by atoms with Crippen LogP contribution in [0.5, 0.6) is 0 Å². The van der Waals surface area contributed by atoms with E-state index in [0.29, 0.717) is 26.1 Å². The number of nitrogens with zero attached hydrogens (tertiary/aromatic N) is 4. The molecule has 1 aromatic carbocycles. The van der Waals surface area contributed by atoms with Crippen molar-refractivity contribution in [1.29, 1.82) is 0 Å². The Morgan fingerprint density at radius 1 is 1.02 bits per heavy atom. The molecule has 0 unspecified atom stereocenters. The largest absolute Gasteiger partial charge is 0.459 e. The first-order chi connectivity index (χ1) is 28.7. The van der Waals surface area contributed by atoms with Crippen LogP contribution in [0.25, 0.3) is 10.9 Å². The number of Topliss-reactive ketones (excluding diaryl/α,β-unsaturated/α-hetero) is 1. The number of esters is 1. The number of aromatic nitrogens is 1. The van der Waals surface area contributed by atoms with E-state index in [9.17, 15) is 34.8 Å². The van der Waals surface area contributed by atoms with Gasteiger partial charge in [0.1, 0.15) is 23.7 Å². The molecule has 14 atom stereocenters. The first kappa shape index (κ1) is 48.7. The Morgan fingerprint density at radius 3 is 2.34 bits per heavy atom. The Balaban J connectivity index is 1.42. The Hall–Kier alpha value is -3.32. The van der Waals surface area contributed by atoms with Gasteiger partial charge in [-0.15, -0.1) is 0 Å². The Labute approximate surface area is 360 Å². The molecular formula is C45H71N5O11. The lowest BCUT2D eigenvalue weighted by molar-refractivity contribution is -0.298. The number of ketones is 1. The van der Waals surface area contributed by atoms with E-state index in [-0.39, 0.29) is 31.6 Å². The number of fused-ring (bicyclic) bond motifs is 1. The topological polar surface area (TPSA) is 204 Å². The van der Waals surface area contributed by atoms with Gasteiger partial charge in [0.2, 0.25) is 5.91 Å². The van der Waals surface area contributed by atoms with Gasteiger partial charge in [0.25, 0.3) is 0 Å². The summed E-state index contributed by atoms with van der Waals surface area (Å²) >= 11 is 0. The van der Waals surface area contributed by atoms with Crippen molar-refractivity contribution in [2.24, 2.45) is 17.8 Å². The molecule has 0 radical (unpaired) electrons. The quantitative estimate of drug-likeness (QED) is 0.172. The molecule has 0 aliphatic carbocycles. The second kappa shape index (κ2) is 20.5. The Morgan fingerprint density at radius 2 is 1.69 bits per heavy atom. The second-order valence-corrected chi connectivity index (χ2v) is 18.4. The number of carbonyl (C=O) groups is 3. The van der Waals surface area contributed by atoms with Crippen molar-refractivity contribution < 1.29 is 53.8 Å². The number of rotatable bonds is 10. The average molecular weight is 858 g/mol. The number of ether oxygens (including phenoxy) is 4. The molecule has 0 spiro atoms. The van der Waals surface area contributed by atoms with Crippen LogP contribution < -0.4 is 10.2 Å². The van der Waals surface area contributed by atoms with E-state index < -0.39 is 89.5 Å². The van der Waals surface area contributed by atoms with Crippen LogP contribution in [0.3, 0.4) is 0 Å². The molecule has 4 heterocycles. The number of cyclic esters (lactones) is 1. The summed E-state index contributed by atoms with van der Waals surface area (Å²) in [5.74, 6) is -5.59. The third kappa shape index (κ3) is 11.4. The zero-order valence-electron chi connectivity index (χ0n) is 37.7. The van der Waals surface area contributed by atoms with Gasteiger partial charge in [-0.1, -0.05) is 39.0 Å². The first-order valence-corrected chi connectivity index (χ1v) is 21.9. The van der Waals surface area contributed by atoms with Gasteiger partial charge in [0.05, 0.1) is 59.9 Å². The highest BCUT2D eigenvalue weighted by Crippen LogP contribution is 2.37. The molecular weight excluding hydrogens is 787 g/mol. The number of nitrogens with one attached hydrogen (secondary N) is 1. The van der Waals surface area contributed by atoms with Crippen molar-refractivity contribution in [3.63, 3.8) is 0 Å². The van der Waals surface area contributed by atoms with Crippen molar-refractivity contribution >= 4 is 34.3 Å². The highest BCUT2D eigenvalue weighted by molar-refractivity contribution is 6.00. The van der Waals surface area contributed by atoms with Gasteiger partial charge in [-0.05, 0) is 80.1 Å². The first-order valence-electron chi connectivity index (χ1n) is 21.9. The lowest BCUT2D eigenvalue weighted by atomic mass is 9.79. The molecule has 0 saturated carbocycles. The van der Waals surface area contributed by atoms with E-state index in [0.717, 1.165) is 29.7 Å². The number of amides is 1. The monoisotopic (exact) mass is 858 g/mol. The molecule has 16 nitrogen and oxygen atoms in total. The van der Waals surface area contributed by atoms with Crippen LogP contribution in [0.2, 0.25) is 0 Å². The summed E-state index contributed by atoms with van der Waals surface area (Å²) in [6.45, 7) is 15.8. The number of likely N-dealkylation sites (N-methyl/N-ethyl adjacent to an activating group) is 1. The lowest BCUT2D eigenvalue weighted by Crippen LogP contribution is -2.60. The number of benzene rings is 1. The average Bonchev–Trinajstić information content (AvgIpc) is 3.22. The number of piperazine rings is 1. The summed E-state index contributed by atoms with van der Waals surface area (Å²) in [6, 6.07) is 9.13. The van der Waals surface area contributed by atoms with Crippen LogP contribution in [0, 0.1) is 17.8 Å². The summed E-state index contributed by atoms with van der Waals surface area (Å²) in [5.41, 5.74) is -1.51. The standard InChI is InChI=1S/C45H71N5O11/c1-11-36-45(8,57)39(54)30(6)41(55)47-26(2)22-44(7,40(28(4)37(52)29(5)42(56)60-36)61-43-38(53)35(48(9)10)20-27(3)59-43)58-25-33(51)24-49-16-18-50(19-17-49)32-21-31-14-12-13-15-34(31)46-23-32/h12-15,21,23,26-30,33,35-36,38-40,43,51,53-54,57H,11,16-20,22,24-25H2,1-10H3,(H,47,55)/t26-,27-,28+,29-,30-,33+,35+,36-,38-,39-,40-,43+,44-,45-/m1/s1. The fourth-order valence-electron chi connectivity index (χ4n) is 9.30. The molecule has 16 heteroatoms. The van der Waals surface area contributed by atoms with E-state index in [1.165, 1.54) is 20.8 Å². The lowest BCUT2D eigenvalue weighted by Gasteiger charge is -2.47. The third-order valence-corrected chi connectivity index (χ3v) is 13.1. The molecule has 2 aromatic rings. The maximum absolute atomic E-state index is 14.5. The molecule has 3 fully saturated rings. The molecule has 3 aliphatic rings. The fraction of sp³-hybridized carbons (Fsp3) is 0.733. The molecule has 342 valence electrons. The van der Waals surface area contributed by atoms with Gasteiger partial charge in [0, 0.05) is 56.1 Å². The molecule has 3 aliphatic heterocycles. The highest BCUT2D eigenvalue weighted by Gasteiger charge is 2.51. The van der Waals surface area contributed by atoms with E-state index in [1.807, 2.05) is 56.4 Å². The normalized spacial score (nSPS) is 37.2. The number of hydrogen-bond acceptors (Lipinski definition) is 15. The van der Waals surface area contributed by atoms with Crippen molar-refractivity contribution in [2.75, 3.05) is 58.3 Å². The number of hydrogen-bond donors (Lipinski definition) is 5. The van der Waals surface area contributed by atoms with Crippen molar-refractivity contribution in [3.8, 4) is 0 Å². The van der Waals surface area contributed by atoms with Crippen molar-refractivity contribution in [3.05, 3.63) is 36.5 Å². The van der Waals surface area contributed by atoms with E-state index in [1.54, 1.807) is 27.7 Å². The van der Waals surface area contributed by atoms with E-state index in [2.05, 4.69) is 26.2 Å². The summed E-state index contributed by atoms with van der Waals surface area (Å²) in [5, 5.41) is 50.0.